The maximum atomic E-state index is 11.5. The van der Waals surface area contributed by atoms with Crippen LogP contribution in [-0.2, 0) is 15.9 Å². The number of benzene rings is 1. The van der Waals surface area contributed by atoms with Gasteiger partial charge in [0.25, 0.3) is 0 Å². The van der Waals surface area contributed by atoms with E-state index in [2.05, 4.69) is 12.2 Å². The van der Waals surface area contributed by atoms with Crippen molar-refractivity contribution in [3.8, 4) is 0 Å². The Hall–Kier alpha value is -1.55. The molecule has 1 aromatic rings. The molecular formula is C14H19NO3. The molecule has 1 unspecified atom stereocenters. The van der Waals surface area contributed by atoms with Crippen molar-refractivity contribution < 1.29 is 14.3 Å². The summed E-state index contributed by atoms with van der Waals surface area (Å²) in [7, 11) is 0. The first-order valence-corrected chi connectivity index (χ1v) is 6.42. The molecule has 1 fully saturated rings. The molecule has 2 rings (SSSR count). The van der Waals surface area contributed by atoms with Crippen LogP contribution in [0.4, 0.5) is 10.5 Å². The molecule has 4 nitrogen and oxygen atoms in total. The van der Waals surface area contributed by atoms with E-state index in [1.54, 1.807) is 0 Å². The van der Waals surface area contributed by atoms with Crippen molar-refractivity contribution >= 4 is 11.8 Å². The molecule has 0 bridgehead atoms. The summed E-state index contributed by atoms with van der Waals surface area (Å²) in [4.78, 5) is 11.5. The second-order valence-electron chi connectivity index (χ2n) is 4.41. The Morgan fingerprint density at radius 1 is 1.44 bits per heavy atom. The number of anilines is 1. The summed E-state index contributed by atoms with van der Waals surface area (Å²) in [6.45, 7) is 3.20. The highest BCUT2D eigenvalue weighted by Crippen LogP contribution is 2.13. The highest BCUT2D eigenvalue weighted by Gasteiger charge is 2.17. The summed E-state index contributed by atoms with van der Waals surface area (Å²) in [6, 6.07) is 7.75. The maximum Gasteiger partial charge on any atom is 0.411 e. The Balaban J connectivity index is 1.75. The predicted molar refractivity (Wildman–Crippen MR) is 69.8 cm³/mol. The van der Waals surface area contributed by atoms with E-state index < -0.39 is 6.09 Å². The first-order valence-electron chi connectivity index (χ1n) is 6.42. The minimum absolute atomic E-state index is 0.0678. The molecule has 18 heavy (non-hydrogen) atoms. The van der Waals surface area contributed by atoms with E-state index in [0.29, 0.717) is 6.61 Å². The zero-order chi connectivity index (χ0) is 12.8. The molecular weight excluding hydrogens is 230 g/mol. The van der Waals surface area contributed by atoms with Gasteiger partial charge in [0.15, 0.2) is 0 Å². The van der Waals surface area contributed by atoms with Gasteiger partial charge < -0.3 is 9.47 Å². The van der Waals surface area contributed by atoms with E-state index in [1.165, 1.54) is 5.56 Å². The fraction of sp³-hybridized carbons (Fsp3) is 0.500. The van der Waals surface area contributed by atoms with Gasteiger partial charge in [0, 0.05) is 12.3 Å². The van der Waals surface area contributed by atoms with Crippen molar-refractivity contribution in [2.75, 3.05) is 18.5 Å². The monoisotopic (exact) mass is 249 g/mol. The molecule has 0 spiro atoms. The summed E-state index contributed by atoms with van der Waals surface area (Å²) in [5.41, 5.74) is 2.00. The summed E-state index contributed by atoms with van der Waals surface area (Å²) >= 11 is 0. The van der Waals surface area contributed by atoms with Gasteiger partial charge in [-0.2, -0.15) is 0 Å². The number of rotatable bonds is 4. The van der Waals surface area contributed by atoms with Gasteiger partial charge in [-0.25, -0.2) is 4.79 Å². The molecule has 1 N–H and O–H groups in total. The van der Waals surface area contributed by atoms with Gasteiger partial charge in [-0.1, -0.05) is 19.1 Å². The minimum atomic E-state index is -0.422. The molecule has 1 atom stereocenters. The van der Waals surface area contributed by atoms with Crippen molar-refractivity contribution in [2.45, 2.75) is 32.3 Å². The summed E-state index contributed by atoms with van der Waals surface area (Å²) in [6.07, 6.45) is 2.66. The third-order valence-electron chi connectivity index (χ3n) is 3.03. The average molecular weight is 249 g/mol. The van der Waals surface area contributed by atoms with Crippen LogP contribution < -0.4 is 5.32 Å². The quantitative estimate of drug-likeness (QED) is 0.892. The lowest BCUT2D eigenvalue weighted by Crippen LogP contribution is -2.21. The molecule has 0 saturated carbocycles. The van der Waals surface area contributed by atoms with Gasteiger partial charge in [-0.3, -0.25) is 5.32 Å². The van der Waals surface area contributed by atoms with E-state index in [1.807, 2.05) is 24.3 Å². The van der Waals surface area contributed by atoms with Crippen LogP contribution in [0.1, 0.15) is 25.3 Å². The first kappa shape index (κ1) is 12.9. The number of nitrogens with one attached hydrogen (secondary N) is 1. The lowest BCUT2D eigenvalue weighted by atomic mass is 10.1. The standard InChI is InChI=1S/C14H19NO3/c1-2-11-5-7-12(8-6-11)15-14(16)18-10-13-4-3-9-17-13/h5-8,13H,2-4,9-10H2,1H3,(H,15,16). The van der Waals surface area contributed by atoms with E-state index in [4.69, 9.17) is 9.47 Å². The van der Waals surface area contributed by atoms with Crippen molar-refractivity contribution in [1.29, 1.82) is 0 Å². The Labute approximate surface area is 107 Å². The second-order valence-corrected chi connectivity index (χ2v) is 4.41. The van der Waals surface area contributed by atoms with E-state index in [-0.39, 0.29) is 6.10 Å². The van der Waals surface area contributed by atoms with Gasteiger partial charge in [0.05, 0.1) is 6.10 Å². The number of ether oxygens (including phenoxy) is 2. The SMILES string of the molecule is CCc1ccc(NC(=O)OCC2CCCO2)cc1. The molecule has 1 aliphatic heterocycles. The molecule has 0 radical (unpaired) electrons. The Kier molecular flexibility index (Phi) is 4.59. The Morgan fingerprint density at radius 2 is 2.22 bits per heavy atom. The van der Waals surface area contributed by atoms with Crippen LogP contribution in [0.2, 0.25) is 0 Å². The van der Waals surface area contributed by atoms with Crippen LogP contribution in [0.3, 0.4) is 0 Å². The van der Waals surface area contributed by atoms with Gasteiger partial charge in [-0.15, -0.1) is 0 Å². The molecule has 0 aliphatic carbocycles. The largest absolute Gasteiger partial charge is 0.447 e. The Morgan fingerprint density at radius 3 is 2.83 bits per heavy atom. The minimum Gasteiger partial charge on any atom is -0.447 e. The van der Waals surface area contributed by atoms with Crippen molar-refractivity contribution in [3.05, 3.63) is 29.8 Å². The van der Waals surface area contributed by atoms with Crippen LogP contribution in [0.15, 0.2) is 24.3 Å². The molecule has 1 amide bonds. The highest BCUT2D eigenvalue weighted by molar-refractivity contribution is 5.84. The highest BCUT2D eigenvalue weighted by atomic mass is 16.6. The predicted octanol–water partition coefficient (Wildman–Crippen LogP) is 2.98. The van der Waals surface area contributed by atoms with Crippen LogP contribution in [-0.4, -0.2) is 25.4 Å². The van der Waals surface area contributed by atoms with Crippen LogP contribution in [0.5, 0.6) is 0 Å². The summed E-state index contributed by atoms with van der Waals surface area (Å²) in [5, 5.41) is 2.70. The number of carbonyl (C=O) groups is 1. The van der Waals surface area contributed by atoms with Crippen LogP contribution in [0, 0.1) is 0 Å². The maximum absolute atomic E-state index is 11.5. The van der Waals surface area contributed by atoms with Gasteiger partial charge >= 0.3 is 6.09 Å². The molecule has 1 aliphatic rings. The van der Waals surface area contributed by atoms with E-state index in [0.717, 1.165) is 31.6 Å². The number of hydrogen-bond donors (Lipinski definition) is 1. The molecule has 4 heteroatoms. The summed E-state index contributed by atoms with van der Waals surface area (Å²) in [5.74, 6) is 0. The lowest BCUT2D eigenvalue weighted by Gasteiger charge is -2.11. The fourth-order valence-corrected chi connectivity index (χ4v) is 1.92. The second kappa shape index (κ2) is 6.40. The van der Waals surface area contributed by atoms with Gasteiger partial charge in [0.1, 0.15) is 6.61 Å². The van der Waals surface area contributed by atoms with E-state index in [9.17, 15) is 4.79 Å². The van der Waals surface area contributed by atoms with Crippen molar-refractivity contribution in [2.24, 2.45) is 0 Å². The van der Waals surface area contributed by atoms with Crippen molar-refractivity contribution in [1.82, 2.24) is 0 Å². The zero-order valence-electron chi connectivity index (χ0n) is 10.6. The molecule has 1 saturated heterocycles. The van der Waals surface area contributed by atoms with Crippen LogP contribution >= 0.6 is 0 Å². The third kappa shape index (κ3) is 3.74. The van der Waals surface area contributed by atoms with Crippen molar-refractivity contribution in [3.63, 3.8) is 0 Å². The van der Waals surface area contributed by atoms with Gasteiger partial charge in [0.2, 0.25) is 0 Å². The summed E-state index contributed by atoms with van der Waals surface area (Å²) < 4.78 is 10.5. The first-order chi connectivity index (χ1) is 8.78. The number of hydrogen-bond acceptors (Lipinski definition) is 3. The van der Waals surface area contributed by atoms with Gasteiger partial charge in [-0.05, 0) is 37.0 Å². The topological polar surface area (TPSA) is 47.6 Å². The molecule has 1 heterocycles. The smallest absolute Gasteiger partial charge is 0.411 e. The van der Waals surface area contributed by atoms with E-state index >= 15 is 0 Å². The number of carbonyl (C=O) groups excluding carboxylic acids is 1. The average Bonchev–Trinajstić information content (AvgIpc) is 2.90. The lowest BCUT2D eigenvalue weighted by molar-refractivity contribution is 0.0484. The normalized spacial score (nSPS) is 18.6. The number of amides is 1. The molecule has 0 aromatic heterocycles. The molecule has 98 valence electrons. The molecule has 1 aromatic carbocycles. The number of aryl methyl sites for hydroxylation is 1. The third-order valence-corrected chi connectivity index (χ3v) is 3.03. The fourth-order valence-electron chi connectivity index (χ4n) is 1.92. The van der Waals surface area contributed by atoms with Crippen LogP contribution in [0.25, 0.3) is 0 Å². The Bertz CT molecular complexity index is 383. The zero-order valence-corrected chi connectivity index (χ0v) is 10.6.